The van der Waals surface area contributed by atoms with Gasteiger partial charge in [-0.2, -0.15) is 26.3 Å². The zero-order chi connectivity index (χ0) is 24.7. The third-order valence-corrected chi connectivity index (χ3v) is 5.96. The quantitative estimate of drug-likeness (QED) is 0.217. The summed E-state index contributed by atoms with van der Waals surface area (Å²) in [5.74, 6) is 0. The predicted octanol–water partition coefficient (Wildman–Crippen LogP) is 7.56. The molecule has 0 aliphatic carbocycles. The van der Waals surface area contributed by atoms with Crippen LogP contribution in [0.5, 0.6) is 0 Å². The first-order valence-electron chi connectivity index (χ1n) is 10.5. The second-order valence-electron chi connectivity index (χ2n) is 8.29. The van der Waals surface area contributed by atoms with Crippen LogP contribution >= 0.6 is 0 Å². The van der Waals surface area contributed by atoms with Crippen LogP contribution < -0.4 is 0 Å². The lowest BCUT2D eigenvalue weighted by atomic mass is 9.86. The number of hydrogen-bond donors (Lipinski definition) is 0. The first-order chi connectivity index (χ1) is 16.0. The number of benzene rings is 4. The van der Waals surface area contributed by atoms with Gasteiger partial charge in [-0.05, 0) is 57.9 Å². The average Bonchev–Trinajstić information content (AvgIpc) is 2.78. The summed E-state index contributed by atoms with van der Waals surface area (Å²) in [6.45, 7) is -0.886. The van der Waals surface area contributed by atoms with Crippen molar-refractivity contribution in [2.45, 2.75) is 25.7 Å². The maximum Gasteiger partial charge on any atom is 0.459 e. The fourth-order valence-electron chi connectivity index (χ4n) is 4.18. The van der Waals surface area contributed by atoms with Gasteiger partial charge in [-0.15, -0.1) is 0 Å². The van der Waals surface area contributed by atoms with Crippen LogP contribution in [0, 0.1) is 0 Å². The molecule has 0 heterocycles. The van der Waals surface area contributed by atoms with Crippen LogP contribution in [0.15, 0.2) is 72.8 Å². The number of fused-ring (bicyclic) bond motifs is 2. The first kappa shape index (κ1) is 24.0. The minimum absolute atomic E-state index is 0.271. The lowest BCUT2D eigenvalue weighted by Crippen LogP contribution is -2.34. The Labute approximate surface area is 193 Å². The van der Waals surface area contributed by atoms with Gasteiger partial charge in [0.15, 0.2) is 0 Å². The molecule has 0 aromatic heterocycles. The lowest BCUT2D eigenvalue weighted by molar-refractivity contribution is -0.240. The van der Waals surface area contributed by atoms with Gasteiger partial charge >= 0.3 is 12.6 Å². The highest BCUT2D eigenvalue weighted by molar-refractivity contribution is 6.07. The molecule has 4 aromatic rings. The van der Waals surface area contributed by atoms with E-state index in [2.05, 4.69) is 0 Å². The summed E-state index contributed by atoms with van der Waals surface area (Å²) >= 11 is 0. The summed E-state index contributed by atoms with van der Waals surface area (Å²) in [5, 5.41) is 2.95. The van der Waals surface area contributed by atoms with E-state index in [1.165, 1.54) is 0 Å². The van der Waals surface area contributed by atoms with E-state index in [-0.39, 0.29) is 9.80 Å². The molecule has 0 aliphatic heterocycles. The van der Waals surface area contributed by atoms with E-state index in [9.17, 15) is 26.3 Å². The van der Waals surface area contributed by atoms with Crippen molar-refractivity contribution in [2.75, 3.05) is 14.1 Å². The van der Waals surface area contributed by atoms with Gasteiger partial charge in [-0.1, -0.05) is 72.8 Å². The highest BCUT2D eigenvalue weighted by atomic mass is 19.4. The molecule has 0 spiro atoms. The van der Waals surface area contributed by atoms with Crippen LogP contribution in [-0.2, 0) is 13.1 Å². The summed E-state index contributed by atoms with van der Waals surface area (Å²) < 4.78 is 80.5. The molecule has 0 amide bonds. The van der Waals surface area contributed by atoms with Gasteiger partial charge in [0.25, 0.3) is 0 Å². The maximum atomic E-state index is 13.4. The van der Waals surface area contributed by atoms with Gasteiger partial charge < -0.3 is 0 Å². The van der Waals surface area contributed by atoms with E-state index in [1.54, 1.807) is 48.5 Å². The van der Waals surface area contributed by atoms with E-state index in [0.29, 0.717) is 33.0 Å². The van der Waals surface area contributed by atoms with E-state index in [4.69, 9.17) is 0 Å². The second kappa shape index (κ2) is 8.92. The van der Waals surface area contributed by atoms with Crippen LogP contribution in [0.25, 0.3) is 32.7 Å². The third kappa shape index (κ3) is 4.74. The summed E-state index contributed by atoms with van der Waals surface area (Å²) in [4.78, 5) is 0.542. The minimum atomic E-state index is -4.55. The van der Waals surface area contributed by atoms with Gasteiger partial charge in [0.05, 0.1) is 0 Å². The van der Waals surface area contributed by atoms with Crippen LogP contribution in [0.2, 0.25) is 0 Å². The fourth-order valence-corrected chi connectivity index (χ4v) is 4.18. The minimum Gasteiger partial charge on any atom is -0.213 e. The molecule has 4 rings (SSSR count). The van der Waals surface area contributed by atoms with E-state index < -0.39 is 25.7 Å². The van der Waals surface area contributed by atoms with Gasteiger partial charge in [0, 0.05) is 13.1 Å². The summed E-state index contributed by atoms with van der Waals surface area (Å²) in [6.07, 6.45) is -9.11. The molecule has 0 saturated heterocycles. The molecular formula is C26H22F6N2. The molecule has 0 N–H and O–H groups in total. The summed E-state index contributed by atoms with van der Waals surface area (Å²) in [7, 11) is 1.92. The number of alkyl halides is 6. The number of hydrogen-bond acceptors (Lipinski definition) is 2. The smallest absolute Gasteiger partial charge is 0.213 e. The Morgan fingerprint density at radius 2 is 0.882 bits per heavy atom. The zero-order valence-electron chi connectivity index (χ0n) is 18.5. The number of rotatable bonds is 5. The van der Waals surface area contributed by atoms with E-state index in [1.807, 2.05) is 24.3 Å². The monoisotopic (exact) mass is 476 g/mol. The number of nitrogens with zero attached hydrogens (tertiary/aromatic N) is 2. The van der Waals surface area contributed by atoms with Gasteiger partial charge in [0.2, 0.25) is 0 Å². The highest BCUT2D eigenvalue weighted by Gasteiger charge is 2.36. The van der Waals surface area contributed by atoms with Gasteiger partial charge in [-0.3, -0.25) is 0 Å². The highest BCUT2D eigenvalue weighted by Crippen LogP contribution is 2.41. The van der Waals surface area contributed by atoms with Crippen LogP contribution in [0.1, 0.15) is 11.1 Å². The second-order valence-corrected chi connectivity index (χ2v) is 8.29. The molecular weight excluding hydrogens is 454 g/mol. The Bertz CT molecular complexity index is 1220. The molecule has 2 nitrogen and oxygen atoms in total. The molecule has 0 aliphatic rings. The Morgan fingerprint density at radius 3 is 1.24 bits per heavy atom. The molecule has 8 heteroatoms. The normalized spacial score (nSPS) is 12.9. The fraction of sp³-hybridized carbons (Fsp3) is 0.231. The van der Waals surface area contributed by atoms with Crippen molar-refractivity contribution in [1.29, 1.82) is 0 Å². The maximum absolute atomic E-state index is 13.4. The molecule has 0 bridgehead atoms. The van der Waals surface area contributed by atoms with Crippen molar-refractivity contribution in [3.8, 4) is 11.1 Å². The zero-order valence-corrected chi connectivity index (χ0v) is 18.5. The van der Waals surface area contributed by atoms with Crippen LogP contribution in [0.4, 0.5) is 26.3 Å². The number of halogens is 6. The molecule has 0 atom stereocenters. The van der Waals surface area contributed by atoms with E-state index in [0.717, 1.165) is 24.9 Å². The van der Waals surface area contributed by atoms with Crippen molar-refractivity contribution >= 4 is 21.5 Å². The van der Waals surface area contributed by atoms with Crippen molar-refractivity contribution in [1.82, 2.24) is 9.80 Å². The third-order valence-electron chi connectivity index (χ3n) is 5.96. The van der Waals surface area contributed by atoms with Gasteiger partial charge in [0.1, 0.15) is 0 Å². The molecule has 0 fully saturated rings. The van der Waals surface area contributed by atoms with Crippen LogP contribution in [0.3, 0.4) is 0 Å². The topological polar surface area (TPSA) is 6.48 Å². The van der Waals surface area contributed by atoms with Crippen molar-refractivity contribution < 1.29 is 26.3 Å². The van der Waals surface area contributed by atoms with Crippen molar-refractivity contribution in [2.24, 2.45) is 0 Å². The Hall–Kier alpha value is -3.10. The van der Waals surface area contributed by atoms with Crippen molar-refractivity contribution in [3.05, 3.63) is 83.9 Å². The van der Waals surface area contributed by atoms with Crippen molar-refractivity contribution in [3.63, 3.8) is 0 Å². The Morgan fingerprint density at radius 1 is 0.529 bits per heavy atom. The SMILES string of the molecule is CN(Cc1ccc2ccccc2c1-c1c(CN(C)C(F)(F)F)ccc2ccccc12)C(F)(F)F. The first-order valence-corrected chi connectivity index (χ1v) is 10.5. The van der Waals surface area contributed by atoms with E-state index >= 15 is 0 Å². The Kier molecular flexibility index (Phi) is 6.31. The molecule has 0 saturated carbocycles. The lowest BCUT2D eigenvalue weighted by Gasteiger charge is -2.26. The Balaban J connectivity index is 2.04. The molecule has 0 radical (unpaired) electrons. The molecule has 0 unspecified atom stereocenters. The molecule has 34 heavy (non-hydrogen) atoms. The average molecular weight is 476 g/mol. The summed E-state index contributed by atoms with van der Waals surface area (Å²) in [5.41, 5.74) is 1.78. The molecule has 4 aromatic carbocycles. The van der Waals surface area contributed by atoms with Crippen LogP contribution in [-0.4, -0.2) is 36.5 Å². The standard InChI is InChI=1S/C26H22F6N2/c1-33(25(27,28)29)15-19-13-11-17-7-3-5-9-21(17)23(19)24-20(16-34(2)26(30,31)32)14-12-18-8-4-6-10-22(18)24/h3-14H,15-16H2,1-2H3. The predicted molar refractivity (Wildman–Crippen MR) is 122 cm³/mol. The molecule has 178 valence electrons. The summed E-state index contributed by atoms with van der Waals surface area (Å²) in [6, 6.07) is 21.2. The largest absolute Gasteiger partial charge is 0.459 e. The van der Waals surface area contributed by atoms with Gasteiger partial charge in [-0.25, -0.2) is 9.80 Å².